The molecule has 0 amide bonds. The Morgan fingerprint density at radius 2 is 1.60 bits per heavy atom. The van der Waals surface area contributed by atoms with Crippen molar-refractivity contribution < 1.29 is 17.8 Å². The normalized spacial score (nSPS) is 11.3. The molecule has 2 aromatic rings. The second-order valence-electron chi connectivity index (χ2n) is 3.95. The van der Waals surface area contributed by atoms with Crippen LogP contribution in [0.3, 0.4) is 0 Å². The third kappa shape index (κ3) is 3.57. The molecule has 0 aliphatic rings. The molecule has 0 radical (unpaired) electrons. The van der Waals surface area contributed by atoms with Gasteiger partial charge < -0.3 is 0 Å². The maximum atomic E-state index is 12.4. The summed E-state index contributed by atoms with van der Waals surface area (Å²) in [5.41, 5.74) is 0.939. The molecule has 7 heteroatoms. The Bertz CT molecular complexity index is 767. The molecule has 0 atom stereocenters. The number of benzene rings is 2. The second kappa shape index (κ2) is 6.08. The molecule has 0 saturated carbocycles. The van der Waals surface area contributed by atoms with Crippen molar-refractivity contribution in [1.29, 1.82) is 0 Å². The number of hydrogen-bond donors (Lipinski definition) is 1. The highest BCUT2D eigenvalue weighted by Crippen LogP contribution is 2.20. The molecule has 0 unspecified atom stereocenters. The molecule has 0 fully saturated rings. The lowest BCUT2D eigenvalue weighted by Crippen LogP contribution is -2.05. The van der Waals surface area contributed by atoms with Gasteiger partial charge in [-0.1, -0.05) is 0 Å². The van der Waals surface area contributed by atoms with Crippen LogP contribution in [0.25, 0.3) is 0 Å². The Labute approximate surface area is 143 Å². The van der Waals surface area contributed by atoms with Gasteiger partial charge in [-0.05, 0) is 87.6 Å². The summed E-state index contributed by atoms with van der Waals surface area (Å²) in [4.78, 5) is 12.1. The Hall–Kier alpha value is -0.520. The van der Waals surface area contributed by atoms with E-state index in [1.54, 1.807) is 6.07 Å². The SMILES string of the molecule is O=C(c1ccc(S(=O)(=O)O)cc1)c1cc(I)ccc1I. The molecule has 104 valence electrons. The van der Waals surface area contributed by atoms with Gasteiger partial charge in [-0.3, -0.25) is 9.35 Å². The molecular weight excluding hydrogens is 506 g/mol. The Balaban J connectivity index is 2.42. The number of rotatable bonds is 3. The number of hydrogen-bond acceptors (Lipinski definition) is 3. The molecule has 0 spiro atoms. The highest BCUT2D eigenvalue weighted by molar-refractivity contribution is 14.1. The minimum atomic E-state index is -4.24. The third-order valence-electron chi connectivity index (χ3n) is 2.59. The van der Waals surface area contributed by atoms with E-state index in [9.17, 15) is 13.2 Å². The van der Waals surface area contributed by atoms with Crippen LogP contribution in [0.2, 0.25) is 0 Å². The van der Waals surface area contributed by atoms with Crippen LogP contribution in [-0.2, 0) is 10.1 Å². The Kier molecular flexibility index (Phi) is 4.82. The summed E-state index contributed by atoms with van der Waals surface area (Å²) in [6, 6.07) is 10.7. The Morgan fingerprint density at radius 1 is 1.00 bits per heavy atom. The van der Waals surface area contributed by atoms with Crippen LogP contribution in [0.1, 0.15) is 15.9 Å². The summed E-state index contributed by atoms with van der Waals surface area (Å²) < 4.78 is 32.6. The maximum Gasteiger partial charge on any atom is 0.294 e. The molecule has 4 nitrogen and oxygen atoms in total. The van der Waals surface area contributed by atoms with Crippen LogP contribution < -0.4 is 0 Å². The number of halogens is 2. The van der Waals surface area contributed by atoms with Crippen LogP contribution >= 0.6 is 45.2 Å². The fraction of sp³-hybridized carbons (Fsp3) is 0. The van der Waals surface area contributed by atoms with Gasteiger partial charge in [0.25, 0.3) is 10.1 Å². The van der Waals surface area contributed by atoms with Gasteiger partial charge in [-0.15, -0.1) is 0 Å². The van der Waals surface area contributed by atoms with Crippen LogP contribution in [0.5, 0.6) is 0 Å². The standard InChI is InChI=1S/C13H8I2O4S/c14-9-3-6-12(15)11(7-9)13(16)8-1-4-10(5-2-8)20(17,18)19/h1-7H,(H,17,18,19). The zero-order chi connectivity index (χ0) is 14.9. The zero-order valence-electron chi connectivity index (χ0n) is 9.88. The first kappa shape index (κ1) is 15.9. The van der Waals surface area contributed by atoms with E-state index < -0.39 is 10.1 Å². The van der Waals surface area contributed by atoms with Gasteiger partial charge in [-0.2, -0.15) is 8.42 Å². The number of ketones is 1. The van der Waals surface area contributed by atoms with Crippen LogP contribution in [0, 0.1) is 7.14 Å². The maximum absolute atomic E-state index is 12.4. The van der Waals surface area contributed by atoms with Gasteiger partial charge in [0.1, 0.15) is 0 Å². The summed E-state index contributed by atoms with van der Waals surface area (Å²) in [5.74, 6) is -0.185. The van der Waals surface area contributed by atoms with Crippen LogP contribution in [-0.4, -0.2) is 18.8 Å². The van der Waals surface area contributed by atoms with Crippen LogP contribution in [0.15, 0.2) is 47.4 Å². The second-order valence-corrected chi connectivity index (χ2v) is 7.78. The Morgan fingerprint density at radius 3 is 2.15 bits per heavy atom. The van der Waals surface area contributed by atoms with E-state index in [-0.39, 0.29) is 10.7 Å². The van der Waals surface area contributed by atoms with Gasteiger partial charge in [0.05, 0.1) is 4.90 Å². The van der Waals surface area contributed by atoms with E-state index in [2.05, 4.69) is 45.2 Å². The molecule has 0 bridgehead atoms. The first-order valence-electron chi connectivity index (χ1n) is 5.36. The third-order valence-corrected chi connectivity index (χ3v) is 5.07. The zero-order valence-corrected chi connectivity index (χ0v) is 15.0. The summed E-state index contributed by atoms with van der Waals surface area (Å²) in [6.45, 7) is 0. The number of carbonyl (C=O) groups is 1. The van der Waals surface area contributed by atoms with Crippen molar-refractivity contribution in [3.63, 3.8) is 0 Å². The van der Waals surface area contributed by atoms with Gasteiger partial charge in [-0.25, -0.2) is 0 Å². The van der Waals surface area contributed by atoms with Crippen molar-refractivity contribution in [3.8, 4) is 0 Å². The van der Waals surface area contributed by atoms with Crippen molar-refractivity contribution in [2.75, 3.05) is 0 Å². The summed E-state index contributed by atoms with van der Waals surface area (Å²) in [7, 11) is -4.24. The van der Waals surface area contributed by atoms with E-state index in [0.29, 0.717) is 11.1 Å². The lowest BCUT2D eigenvalue weighted by Gasteiger charge is -2.05. The highest BCUT2D eigenvalue weighted by Gasteiger charge is 2.15. The first-order valence-corrected chi connectivity index (χ1v) is 8.96. The molecule has 0 heterocycles. The molecule has 2 rings (SSSR count). The molecular formula is C13H8I2O4S. The van der Waals surface area contributed by atoms with E-state index >= 15 is 0 Å². The molecule has 0 aliphatic carbocycles. The van der Waals surface area contributed by atoms with E-state index in [4.69, 9.17) is 4.55 Å². The predicted molar refractivity (Wildman–Crippen MR) is 91.6 cm³/mol. The molecule has 20 heavy (non-hydrogen) atoms. The molecule has 1 N–H and O–H groups in total. The van der Waals surface area contributed by atoms with Gasteiger partial charge >= 0.3 is 0 Å². The van der Waals surface area contributed by atoms with Gasteiger partial charge in [0.2, 0.25) is 0 Å². The van der Waals surface area contributed by atoms with Gasteiger partial charge in [0.15, 0.2) is 5.78 Å². The first-order chi connectivity index (χ1) is 9.29. The lowest BCUT2D eigenvalue weighted by atomic mass is 10.0. The summed E-state index contributed by atoms with van der Waals surface area (Å²) >= 11 is 4.20. The van der Waals surface area contributed by atoms with E-state index in [1.807, 2.05) is 12.1 Å². The molecule has 2 aromatic carbocycles. The lowest BCUT2D eigenvalue weighted by molar-refractivity contribution is 0.103. The topological polar surface area (TPSA) is 71.4 Å². The van der Waals surface area contributed by atoms with Crippen LogP contribution in [0.4, 0.5) is 0 Å². The van der Waals surface area contributed by atoms with Crippen molar-refractivity contribution >= 4 is 61.1 Å². The molecule has 0 aromatic heterocycles. The summed E-state index contributed by atoms with van der Waals surface area (Å²) in [5, 5.41) is 0. The fourth-order valence-corrected chi connectivity index (χ4v) is 3.16. The monoisotopic (exact) mass is 514 g/mol. The number of carbonyl (C=O) groups excluding carboxylic acids is 1. The minimum absolute atomic E-state index is 0.185. The summed E-state index contributed by atoms with van der Waals surface area (Å²) in [6.07, 6.45) is 0. The predicted octanol–water partition coefficient (Wildman–Crippen LogP) is 3.37. The van der Waals surface area contributed by atoms with Crippen molar-refractivity contribution in [2.24, 2.45) is 0 Å². The minimum Gasteiger partial charge on any atom is -0.289 e. The van der Waals surface area contributed by atoms with Gasteiger partial charge in [0, 0.05) is 18.3 Å². The smallest absolute Gasteiger partial charge is 0.289 e. The highest BCUT2D eigenvalue weighted by atomic mass is 127. The van der Waals surface area contributed by atoms with Crippen molar-refractivity contribution in [2.45, 2.75) is 4.90 Å². The quantitative estimate of drug-likeness (QED) is 0.388. The average Bonchev–Trinajstić information content (AvgIpc) is 2.40. The van der Waals surface area contributed by atoms with E-state index in [1.165, 1.54) is 24.3 Å². The van der Waals surface area contributed by atoms with Crippen molar-refractivity contribution in [3.05, 3.63) is 60.7 Å². The molecule has 0 saturated heterocycles. The molecule has 0 aliphatic heterocycles. The fourth-order valence-electron chi connectivity index (χ4n) is 1.61. The average molecular weight is 514 g/mol. The van der Waals surface area contributed by atoms with Crippen molar-refractivity contribution in [1.82, 2.24) is 0 Å². The van der Waals surface area contributed by atoms with E-state index in [0.717, 1.165) is 7.14 Å². The largest absolute Gasteiger partial charge is 0.294 e.